The van der Waals surface area contributed by atoms with Crippen molar-refractivity contribution in [2.45, 2.75) is 32.6 Å². The quantitative estimate of drug-likeness (QED) is 0.821. The highest BCUT2D eigenvalue weighted by atomic mass is 19.1. The van der Waals surface area contributed by atoms with Crippen LogP contribution in [0.4, 0.5) is 15.8 Å². The lowest BCUT2D eigenvalue weighted by Crippen LogP contribution is -2.44. The van der Waals surface area contributed by atoms with Gasteiger partial charge in [-0.15, -0.1) is 0 Å². The maximum Gasteiger partial charge on any atom is 0.229 e. The zero-order valence-electron chi connectivity index (χ0n) is 17.4. The van der Waals surface area contributed by atoms with Crippen LogP contribution in [0.1, 0.15) is 30.9 Å². The molecule has 30 heavy (non-hydrogen) atoms. The van der Waals surface area contributed by atoms with Crippen molar-refractivity contribution < 1.29 is 14.0 Å². The van der Waals surface area contributed by atoms with E-state index in [9.17, 15) is 14.0 Å². The van der Waals surface area contributed by atoms with Gasteiger partial charge in [0.2, 0.25) is 11.8 Å². The number of fused-ring (bicyclic) bond motifs is 1. The molecule has 2 amide bonds. The van der Waals surface area contributed by atoms with Gasteiger partial charge in [0.15, 0.2) is 0 Å². The van der Waals surface area contributed by atoms with E-state index in [0.717, 1.165) is 43.6 Å². The third-order valence-electron chi connectivity index (χ3n) is 6.14. The summed E-state index contributed by atoms with van der Waals surface area (Å²) in [4.78, 5) is 29.6. The van der Waals surface area contributed by atoms with Crippen LogP contribution < -0.4 is 10.2 Å². The summed E-state index contributed by atoms with van der Waals surface area (Å²) in [5, 5.41) is 3.06. The van der Waals surface area contributed by atoms with Crippen molar-refractivity contribution in [2.24, 2.45) is 5.92 Å². The number of carbonyl (C=O) groups excluding carboxylic acids is 2. The van der Waals surface area contributed by atoms with Gasteiger partial charge in [-0.3, -0.25) is 9.59 Å². The van der Waals surface area contributed by atoms with Gasteiger partial charge in [0, 0.05) is 37.6 Å². The number of likely N-dealkylation sites (tertiary alicyclic amines) is 1. The van der Waals surface area contributed by atoms with Crippen LogP contribution in [0.5, 0.6) is 0 Å². The fourth-order valence-corrected chi connectivity index (χ4v) is 4.40. The number of nitrogens with zero attached hydrogens (tertiary/aromatic N) is 2. The number of likely N-dealkylation sites (N-methyl/N-ethyl adjacent to an activating group) is 1. The molecule has 2 aliphatic rings. The lowest BCUT2D eigenvalue weighted by molar-refractivity contribution is -0.133. The molecule has 1 atom stereocenters. The van der Waals surface area contributed by atoms with E-state index in [0.29, 0.717) is 13.1 Å². The first kappa shape index (κ1) is 20.4. The van der Waals surface area contributed by atoms with Crippen LogP contribution in [0.2, 0.25) is 0 Å². The van der Waals surface area contributed by atoms with E-state index >= 15 is 0 Å². The summed E-state index contributed by atoms with van der Waals surface area (Å²) in [5.74, 6) is -0.577. The predicted octanol–water partition coefficient (Wildman–Crippen LogP) is 3.63. The third-order valence-corrected chi connectivity index (χ3v) is 6.14. The number of piperidine rings is 1. The van der Waals surface area contributed by atoms with Crippen LogP contribution in [0.25, 0.3) is 0 Å². The fraction of sp³-hybridized carbons (Fsp3) is 0.417. The van der Waals surface area contributed by atoms with E-state index in [1.165, 1.54) is 23.4 Å². The first-order chi connectivity index (χ1) is 14.5. The van der Waals surface area contributed by atoms with Crippen LogP contribution in [-0.2, 0) is 22.4 Å². The summed E-state index contributed by atoms with van der Waals surface area (Å²) >= 11 is 0. The molecule has 6 heteroatoms. The molecule has 2 heterocycles. The number of carbonyl (C=O) groups is 2. The molecule has 0 radical (unpaired) electrons. The van der Waals surface area contributed by atoms with Crippen LogP contribution in [-0.4, -0.2) is 42.9 Å². The van der Waals surface area contributed by atoms with Crippen molar-refractivity contribution in [2.75, 3.05) is 36.4 Å². The molecule has 1 N–H and O–H groups in total. The largest absolute Gasteiger partial charge is 0.371 e. The molecule has 0 spiro atoms. The van der Waals surface area contributed by atoms with Gasteiger partial charge < -0.3 is 15.1 Å². The summed E-state index contributed by atoms with van der Waals surface area (Å²) in [6, 6.07) is 12.1. The molecule has 2 aromatic carbocycles. The second-order valence-electron chi connectivity index (χ2n) is 8.14. The SMILES string of the molecule is CCN1CCc2ccc(NC(=O)C3CCCN(C(=O)Cc4ccc(F)cc4)C3)cc21. The maximum atomic E-state index is 13.1. The van der Waals surface area contributed by atoms with E-state index in [2.05, 4.69) is 29.3 Å². The molecule has 1 fully saturated rings. The number of hydrogen-bond donors (Lipinski definition) is 1. The summed E-state index contributed by atoms with van der Waals surface area (Å²) in [6.07, 6.45) is 2.86. The lowest BCUT2D eigenvalue weighted by Gasteiger charge is -2.32. The Labute approximate surface area is 176 Å². The Kier molecular flexibility index (Phi) is 6.02. The van der Waals surface area contributed by atoms with E-state index in [4.69, 9.17) is 0 Å². The van der Waals surface area contributed by atoms with Crippen molar-refractivity contribution in [1.29, 1.82) is 0 Å². The molecule has 4 rings (SSSR count). The van der Waals surface area contributed by atoms with Crippen LogP contribution in [0, 0.1) is 11.7 Å². The molecule has 0 aromatic heterocycles. The molecule has 2 aromatic rings. The summed E-state index contributed by atoms with van der Waals surface area (Å²) in [6.45, 7) is 5.21. The molecule has 1 unspecified atom stereocenters. The summed E-state index contributed by atoms with van der Waals surface area (Å²) < 4.78 is 13.1. The van der Waals surface area contributed by atoms with Crippen molar-refractivity contribution in [3.8, 4) is 0 Å². The Morgan fingerprint density at radius 2 is 1.93 bits per heavy atom. The molecule has 158 valence electrons. The monoisotopic (exact) mass is 409 g/mol. The highest BCUT2D eigenvalue weighted by molar-refractivity contribution is 5.94. The van der Waals surface area contributed by atoms with E-state index in [1.807, 2.05) is 6.07 Å². The van der Waals surface area contributed by atoms with E-state index in [1.54, 1.807) is 17.0 Å². The van der Waals surface area contributed by atoms with Crippen LogP contribution in [0.15, 0.2) is 42.5 Å². The molecule has 0 saturated carbocycles. The molecule has 0 bridgehead atoms. The van der Waals surface area contributed by atoms with Crippen molar-refractivity contribution >= 4 is 23.2 Å². The van der Waals surface area contributed by atoms with Crippen molar-refractivity contribution in [3.05, 3.63) is 59.4 Å². The first-order valence-corrected chi connectivity index (χ1v) is 10.7. The van der Waals surface area contributed by atoms with Crippen LogP contribution in [0.3, 0.4) is 0 Å². The van der Waals surface area contributed by atoms with Gasteiger partial charge in [-0.25, -0.2) is 4.39 Å². The number of amides is 2. The minimum atomic E-state index is -0.311. The maximum absolute atomic E-state index is 13.1. The minimum Gasteiger partial charge on any atom is -0.371 e. The Morgan fingerprint density at radius 1 is 1.13 bits per heavy atom. The number of nitrogens with one attached hydrogen (secondary N) is 1. The third kappa shape index (κ3) is 4.48. The molecule has 0 aliphatic carbocycles. The minimum absolute atomic E-state index is 0.0183. The normalized spacial score (nSPS) is 18.3. The van der Waals surface area contributed by atoms with Gasteiger partial charge in [-0.05, 0) is 61.6 Å². The van der Waals surface area contributed by atoms with Gasteiger partial charge in [-0.2, -0.15) is 0 Å². The standard InChI is InChI=1S/C24H28FN3O2/c1-2-27-13-11-18-7-10-21(15-22(18)27)26-24(30)19-4-3-12-28(16-19)23(29)14-17-5-8-20(25)9-6-17/h5-10,15,19H,2-4,11-14,16H2,1H3,(H,26,30). The Hall–Kier alpha value is -2.89. The summed E-state index contributed by atoms with van der Waals surface area (Å²) in [7, 11) is 0. The lowest BCUT2D eigenvalue weighted by atomic mass is 9.96. The Morgan fingerprint density at radius 3 is 2.70 bits per heavy atom. The smallest absolute Gasteiger partial charge is 0.229 e. The topological polar surface area (TPSA) is 52.7 Å². The second kappa shape index (κ2) is 8.86. The van der Waals surface area contributed by atoms with Gasteiger partial charge >= 0.3 is 0 Å². The number of rotatable bonds is 5. The molecule has 5 nitrogen and oxygen atoms in total. The number of hydrogen-bond acceptors (Lipinski definition) is 3. The number of halogens is 1. The number of benzene rings is 2. The van der Waals surface area contributed by atoms with Gasteiger partial charge in [-0.1, -0.05) is 18.2 Å². The second-order valence-corrected chi connectivity index (χ2v) is 8.14. The molecular weight excluding hydrogens is 381 g/mol. The fourth-order valence-electron chi connectivity index (χ4n) is 4.40. The zero-order chi connectivity index (χ0) is 21.1. The first-order valence-electron chi connectivity index (χ1n) is 10.7. The van der Waals surface area contributed by atoms with Crippen LogP contribution >= 0.6 is 0 Å². The van der Waals surface area contributed by atoms with Gasteiger partial charge in [0.25, 0.3) is 0 Å². The van der Waals surface area contributed by atoms with E-state index in [-0.39, 0.29) is 30.0 Å². The molecule has 1 saturated heterocycles. The molecule has 2 aliphatic heterocycles. The van der Waals surface area contributed by atoms with Gasteiger partial charge in [0.1, 0.15) is 5.82 Å². The Balaban J connectivity index is 1.36. The average Bonchev–Trinajstić information content (AvgIpc) is 3.17. The predicted molar refractivity (Wildman–Crippen MR) is 116 cm³/mol. The van der Waals surface area contributed by atoms with E-state index < -0.39 is 0 Å². The van der Waals surface area contributed by atoms with Gasteiger partial charge in [0.05, 0.1) is 12.3 Å². The van der Waals surface area contributed by atoms with Crippen molar-refractivity contribution in [1.82, 2.24) is 4.90 Å². The highest BCUT2D eigenvalue weighted by Gasteiger charge is 2.29. The summed E-state index contributed by atoms with van der Waals surface area (Å²) in [5.41, 5.74) is 4.13. The highest BCUT2D eigenvalue weighted by Crippen LogP contribution is 2.31. The van der Waals surface area contributed by atoms with Crippen molar-refractivity contribution in [3.63, 3.8) is 0 Å². The number of anilines is 2. The zero-order valence-corrected chi connectivity index (χ0v) is 17.4. The Bertz CT molecular complexity index is 929. The molecular formula is C24H28FN3O2. The average molecular weight is 410 g/mol.